The third kappa shape index (κ3) is 3.40. The van der Waals surface area contributed by atoms with Crippen LogP contribution in [0, 0.1) is 0 Å². The number of fused-ring (bicyclic) bond motifs is 1. The van der Waals surface area contributed by atoms with Crippen LogP contribution in [0.2, 0.25) is 10.0 Å². The van der Waals surface area contributed by atoms with Gasteiger partial charge in [0.05, 0.1) is 0 Å². The van der Waals surface area contributed by atoms with Gasteiger partial charge in [0.15, 0.2) is 0 Å². The van der Waals surface area contributed by atoms with Crippen LogP contribution in [0.4, 0.5) is 5.69 Å². The van der Waals surface area contributed by atoms with E-state index < -0.39 is 5.91 Å². The second-order valence-electron chi connectivity index (χ2n) is 6.20. The number of anilines is 1. The van der Waals surface area contributed by atoms with E-state index in [4.69, 9.17) is 23.2 Å². The van der Waals surface area contributed by atoms with Crippen molar-refractivity contribution in [3.8, 4) is 11.1 Å². The van der Waals surface area contributed by atoms with E-state index in [9.17, 15) is 9.59 Å². The van der Waals surface area contributed by atoms with Crippen molar-refractivity contribution in [3.63, 3.8) is 0 Å². The summed E-state index contributed by atoms with van der Waals surface area (Å²) in [7, 11) is 0. The highest BCUT2D eigenvalue weighted by Crippen LogP contribution is 2.35. The molecule has 1 amide bonds. The van der Waals surface area contributed by atoms with Gasteiger partial charge in [-0.2, -0.15) is 0 Å². The number of carbonyl (C=O) groups is 1. The highest BCUT2D eigenvalue weighted by Gasteiger charge is 2.16. The molecule has 4 nitrogen and oxygen atoms in total. The van der Waals surface area contributed by atoms with Gasteiger partial charge < -0.3 is 10.3 Å². The minimum Gasteiger partial charge on any atom is -0.360 e. The molecule has 1 aromatic heterocycles. The topological polar surface area (TPSA) is 62.0 Å². The molecule has 2 N–H and O–H groups in total. The third-order valence-corrected chi connectivity index (χ3v) is 4.98. The lowest BCUT2D eigenvalue weighted by Crippen LogP contribution is -2.22. The Morgan fingerprint density at radius 2 is 1.64 bits per heavy atom. The van der Waals surface area contributed by atoms with Crippen LogP contribution in [0.1, 0.15) is 10.4 Å². The molecule has 0 spiro atoms. The van der Waals surface area contributed by atoms with E-state index in [2.05, 4.69) is 10.3 Å². The van der Waals surface area contributed by atoms with E-state index >= 15 is 0 Å². The molecule has 0 aliphatic rings. The summed E-state index contributed by atoms with van der Waals surface area (Å²) in [5.74, 6) is -0.496. The van der Waals surface area contributed by atoms with Gasteiger partial charge in [-0.25, -0.2) is 0 Å². The fourth-order valence-electron chi connectivity index (χ4n) is 3.06. The van der Waals surface area contributed by atoms with Gasteiger partial charge in [-0.15, -0.1) is 0 Å². The molecular formula is C22H14Cl2N2O2. The van der Waals surface area contributed by atoms with Gasteiger partial charge in [-0.1, -0.05) is 59.6 Å². The zero-order chi connectivity index (χ0) is 19.7. The average Bonchev–Trinajstić information content (AvgIpc) is 2.69. The number of para-hydroxylation sites is 2. The number of benzene rings is 3. The Kier molecular flexibility index (Phi) is 4.90. The van der Waals surface area contributed by atoms with Crippen molar-refractivity contribution in [1.82, 2.24) is 4.98 Å². The second kappa shape index (κ2) is 7.50. The lowest BCUT2D eigenvalue weighted by Gasteiger charge is -2.13. The summed E-state index contributed by atoms with van der Waals surface area (Å²) in [4.78, 5) is 28.5. The number of carbonyl (C=O) groups excluding carboxylic acids is 1. The molecule has 0 saturated heterocycles. The normalized spacial score (nSPS) is 10.8. The standard InChI is InChI=1S/C22H14Cl2N2O2/c23-13-9-10-14(18(24)11-13)15-5-1-4-8-20(15)26-22(28)17-12-25-19-7-3-2-6-16(19)21(17)27/h1-12H,(H,25,27)(H,26,28). The zero-order valence-electron chi connectivity index (χ0n) is 14.5. The number of aromatic amines is 1. The predicted molar refractivity (Wildman–Crippen MR) is 114 cm³/mol. The quantitative estimate of drug-likeness (QED) is 0.452. The number of pyridine rings is 1. The number of hydrogen-bond acceptors (Lipinski definition) is 2. The molecule has 0 unspecified atom stereocenters. The van der Waals surface area contributed by atoms with Crippen molar-refractivity contribution in [2.24, 2.45) is 0 Å². The van der Waals surface area contributed by atoms with Crippen molar-refractivity contribution >= 4 is 45.7 Å². The molecule has 0 atom stereocenters. The van der Waals surface area contributed by atoms with Crippen LogP contribution in [0.25, 0.3) is 22.0 Å². The Labute approximate surface area is 170 Å². The Balaban J connectivity index is 1.74. The summed E-state index contributed by atoms with van der Waals surface area (Å²) in [5.41, 5.74) is 2.40. The fraction of sp³-hybridized carbons (Fsp3) is 0. The third-order valence-electron chi connectivity index (χ3n) is 4.43. The summed E-state index contributed by atoms with van der Waals surface area (Å²) in [6.07, 6.45) is 1.43. The molecule has 0 fully saturated rings. The highest BCUT2D eigenvalue weighted by atomic mass is 35.5. The van der Waals surface area contributed by atoms with E-state index in [1.165, 1.54) is 6.20 Å². The van der Waals surface area contributed by atoms with Crippen molar-refractivity contribution in [2.75, 3.05) is 5.32 Å². The summed E-state index contributed by atoms with van der Waals surface area (Å²) >= 11 is 12.3. The average molecular weight is 409 g/mol. The number of H-pyrrole nitrogens is 1. The second-order valence-corrected chi connectivity index (χ2v) is 7.04. The maximum Gasteiger partial charge on any atom is 0.261 e. The van der Waals surface area contributed by atoms with Gasteiger partial charge in [0, 0.05) is 44.0 Å². The van der Waals surface area contributed by atoms with Crippen LogP contribution in [0.5, 0.6) is 0 Å². The molecule has 6 heteroatoms. The van der Waals surface area contributed by atoms with Gasteiger partial charge in [-0.3, -0.25) is 9.59 Å². The van der Waals surface area contributed by atoms with E-state index in [-0.39, 0.29) is 11.0 Å². The highest BCUT2D eigenvalue weighted by molar-refractivity contribution is 6.36. The maximum atomic E-state index is 12.8. The lowest BCUT2D eigenvalue weighted by molar-refractivity contribution is 0.102. The van der Waals surface area contributed by atoms with Crippen molar-refractivity contribution in [3.05, 3.63) is 98.8 Å². The monoisotopic (exact) mass is 408 g/mol. The van der Waals surface area contributed by atoms with Crippen LogP contribution < -0.4 is 10.7 Å². The molecule has 1 heterocycles. The van der Waals surface area contributed by atoms with Crippen LogP contribution >= 0.6 is 23.2 Å². The van der Waals surface area contributed by atoms with Gasteiger partial charge in [0.2, 0.25) is 5.43 Å². The SMILES string of the molecule is O=C(Nc1ccccc1-c1ccc(Cl)cc1Cl)c1c[nH]c2ccccc2c1=O. The molecule has 0 saturated carbocycles. The first-order chi connectivity index (χ1) is 13.5. The summed E-state index contributed by atoms with van der Waals surface area (Å²) in [6, 6.07) is 19.5. The molecule has 28 heavy (non-hydrogen) atoms. The molecule has 0 aliphatic heterocycles. The van der Waals surface area contributed by atoms with E-state index in [1.807, 2.05) is 18.2 Å². The van der Waals surface area contributed by atoms with Crippen LogP contribution in [0.3, 0.4) is 0 Å². The Morgan fingerprint density at radius 3 is 2.46 bits per heavy atom. The number of rotatable bonds is 3. The Bertz CT molecular complexity index is 1260. The largest absolute Gasteiger partial charge is 0.360 e. The summed E-state index contributed by atoms with van der Waals surface area (Å²) < 4.78 is 0. The van der Waals surface area contributed by atoms with Crippen LogP contribution in [-0.4, -0.2) is 10.9 Å². The number of hydrogen-bond donors (Lipinski definition) is 2. The molecule has 138 valence electrons. The van der Waals surface area contributed by atoms with Gasteiger partial charge in [-0.05, 0) is 30.3 Å². The van der Waals surface area contributed by atoms with Gasteiger partial charge in [0.25, 0.3) is 5.91 Å². The first kappa shape index (κ1) is 18.3. The first-order valence-corrected chi connectivity index (χ1v) is 9.26. The summed E-state index contributed by atoms with van der Waals surface area (Å²) in [6.45, 7) is 0. The smallest absolute Gasteiger partial charge is 0.261 e. The minimum atomic E-state index is -0.496. The fourth-order valence-corrected chi connectivity index (χ4v) is 3.57. The van der Waals surface area contributed by atoms with Crippen molar-refractivity contribution in [1.29, 1.82) is 0 Å². The Hall–Kier alpha value is -3.08. The number of aromatic nitrogens is 1. The molecule has 0 radical (unpaired) electrons. The Morgan fingerprint density at radius 1 is 0.893 bits per heavy atom. The molecular weight excluding hydrogens is 395 g/mol. The van der Waals surface area contributed by atoms with E-state index in [0.717, 1.165) is 11.1 Å². The van der Waals surface area contributed by atoms with E-state index in [1.54, 1.807) is 48.5 Å². The van der Waals surface area contributed by atoms with Crippen LogP contribution in [0.15, 0.2) is 77.7 Å². The molecule has 0 aliphatic carbocycles. The maximum absolute atomic E-state index is 12.8. The van der Waals surface area contributed by atoms with Gasteiger partial charge >= 0.3 is 0 Å². The molecule has 0 bridgehead atoms. The minimum absolute atomic E-state index is 0.0377. The van der Waals surface area contributed by atoms with Crippen molar-refractivity contribution in [2.45, 2.75) is 0 Å². The molecule has 4 aromatic rings. The van der Waals surface area contributed by atoms with Gasteiger partial charge in [0.1, 0.15) is 5.56 Å². The van der Waals surface area contributed by atoms with E-state index in [0.29, 0.717) is 26.6 Å². The molecule has 4 rings (SSSR count). The first-order valence-electron chi connectivity index (χ1n) is 8.51. The predicted octanol–water partition coefficient (Wildman–Crippen LogP) is 5.75. The lowest BCUT2D eigenvalue weighted by atomic mass is 10.0. The number of halogens is 2. The zero-order valence-corrected chi connectivity index (χ0v) is 16.0. The van der Waals surface area contributed by atoms with Crippen LogP contribution in [-0.2, 0) is 0 Å². The van der Waals surface area contributed by atoms with Crippen molar-refractivity contribution < 1.29 is 4.79 Å². The molecule has 3 aromatic carbocycles. The number of nitrogens with one attached hydrogen (secondary N) is 2. The summed E-state index contributed by atoms with van der Waals surface area (Å²) in [5, 5.41) is 4.28. The number of amides is 1.